The molecule has 0 saturated heterocycles. The van der Waals surface area contributed by atoms with Gasteiger partial charge in [-0.15, -0.1) is 0 Å². The monoisotopic (exact) mass is 387 g/mol. The van der Waals surface area contributed by atoms with Crippen molar-refractivity contribution < 1.29 is 38.2 Å². The molecule has 0 radical (unpaired) electrons. The van der Waals surface area contributed by atoms with Crippen LogP contribution in [0.1, 0.15) is 20.8 Å². The molecule has 1 aliphatic carbocycles. The zero-order valence-electron chi connectivity index (χ0n) is 15.9. The lowest BCUT2D eigenvalue weighted by Crippen LogP contribution is -2.41. The van der Waals surface area contributed by atoms with E-state index in [1.54, 1.807) is 20.8 Å². The van der Waals surface area contributed by atoms with Crippen LogP contribution in [-0.2, 0) is 33.4 Å². The van der Waals surface area contributed by atoms with Crippen LogP contribution in [0.4, 0.5) is 4.79 Å². The summed E-state index contributed by atoms with van der Waals surface area (Å²) in [6, 6.07) is -0.803. The molecule has 0 aromatic rings. The van der Waals surface area contributed by atoms with Crippen LogP contribution in [0.3, 0.4) is 0 Å². The van der Waals surface area contributed by atoms with Crippen LogP contribution >= 0.6 is 0 Å². The zero-order valence-corrected chi connectivity index (χ0v) is 15.9. The van der Waals surface area contributed by atoms with E-state index in [9.17, 15) is 24.0 Å². The molecule has 27 heavy (non-hydrogen) atoms. The van der Waals surface area contributed by atoms with E-state index in [4.69, 9.17) is 4.74 Å². The lowest BCUT2D eigenvalue weighted by molar-refractivity contribution is -0.143. The number of alkyl carbamates (subject to hydrolysis) is 1. The molecule has 1 saturated carbocycles. The standard InChI is InChI=1S/C16H25N3O8/c1-16(2,3)27-15(24)18-6-8(20)19-12-10(11(12)14(23)26-5)13(22)17-7-9(21)25-4/h10-12H,6-7H2,1-5H3,(H,17,22)(H,18,24)(H,19,20)/t10-,11-,12+/m0/s1. The SMILES string of the molecule is COC(=O)CNC(=O)[C@@H]1[C@@H](NC(=O)CNC(=O)OC(C)(C)C)[C@H]1C(=O)OC. The predicted octanol–water partition coefficient (Wildman–Crippen LogP) is -1.30. The molecule has 3 atom stereocenters. The quantitative estimate of drug-likeness (QED) is 0.361. The highest BCUT2D eigenvalue weighted by atomic mass is 16.6. The highest BCUT2D eigenvalue weighted by Gasteiger charge is 2.60. The first-order chi connectivity index (χ1) is 12.5. The van der Waals surface area contributed by atoms with Crippen LogP contribution in [0.15, 0.2) is 0 Å². The van der Waals surface area contributed by atoms with Gasteiger partial charge in [0.05, 0.1) is 32.1 Å². The number of methoxy groups -OCH3 is 2. The third-order valence-electron chi connectivity index (χ3n) is 3.55. The summed E-state index contributed by atoms with van der Waals surface area (Å²) in [5.41, 5.74) is -0.712. The fourth-order valence-corrected chi connectivity index (χ4v) is 2.30. The van der Waals surface area contributed by atoms with Gasteiger partial charge in [0.2, 0.25) is 11.8 Å². The summed E-state index contributed by atoms with van der Waals surface area (Å²) in [5.74, 6) is -4.28. The van der Waals surface area contributed by atoms with E-state index in [-0.39, 0.29) is 6.54 Å². The fourth-order valence-electron chi connectivity index (χ4n) is 2.30. The van der Waals surface area contributed by atoms with E-state index < -0.39 is 59.9 Å². The van der Waals surface area contributed by atoms with Gasteiger partial charge in [-0.25, -0.2) is 4.79 Å². The Morgan fingerprint density at radius 3 is 2.04 bits per heavy atom. The Bertz CT molecular complexity index is 613. The third kappa shape index (κ3) is 7.12. The number of nitrogens with one attached hydrogen (secondary N) is 3. The highest BCUT2D eigenvalue weighted by Crippen LogP contribution is 2.40. The number of hydrogen-bond acceptors (Lipinski definition) is 8. The van der Waals surface area contributed by atoms with Crippen LogP contribution in [0.2, 0.25) is 0 Å². The van der Waals surface area contributed by atoms with Crippen LogP contribution in [0.5, 0.6) is 0 Å². The van der Waals surface area contributed by atoms with Gasteiger partial charge in [-0.3, -0.25) is 19.2 Å². The molecule has 1 aliphatic rings. The summed E-state index contributed by atoms with van der Waals surface area (Å²) in [6.45, 7) is 4.27. The number of rotatable bonds is 7. The van der Waals surface area contributed by atoms with Crippen LogP contribution in [-0.4, -0.2) is 68.8 Å². The normalized spacial score (nSPS) is 20.7. The lowest BCUT2D eigenvalue weighted by Gasteiger charge is -2.19. The Balaban J connectivity index is 2.56. The van der Waals surface area contributed by atoms with Crippen molar-refractivity contribution in [3.63, 3.8) is 0 Å². The Hall–Kier alpha value is -2.85. The largest absolute Gasteiger partial charge is 0.469 e. The van der Waals surface area contributed by atoms with E-state index in [1.807, 2.05) is 0 Å². The van der Waals surface area contributed by atoms with Gasteiger partial charge in [0.15, 0.2) is 0 Å². The Morgan fingerprint density at radius 1 is 0.889 bits per heavy atom. The third-order valence-corrected chi connectivity index (χ3v) is 3.55. The molecule has 11 nitrogen and oxygen atoms in total. The minimum Gasteiger partial charge on any atom is -0.469 e. The van der Waals surface area contributed by atoms with Crippen LogP contribution in [0.25, 0.3) is 0 Å². The maximum atomic E-state index is 12.1. The average Bonchev–Trinajstić information content (AvgIpc) is 3.28. The molecule has 0 aromatic heterocycles. The average molecular weight is 387 g/mol. The number of carbonyl (C=O) groups excluding carboxylic acids is 5. The minimum absolute atomic E-state index is 0.361. The number of hydrogen-bond donors (Lipinski definition) is 3. The van der Waals surface area contributed by atoms with Crippen molar-refractivity contribution in [3.8, 4) is 0 Å². The first-order valence-electron chi connectivity index (χ1n) is 8.18. The van der Waals surface area contributed by atoms with Crippen LogP contribution in [0, 0.1) is 11.8 Å². The Morgan fingerprint density at radius 2 is 1.52 bits per heavy atom. The lowest BCUT2D eigenvalue weighted by atomic mass is 10.2. The van der Waals surface area contributed by atoms with Crippen molar-refractivity contribution in [2.24, 2.45) is 11.8 Å². The summed E-state index contributed by atoms with van der Waals surface area (Å²) in [6.07, 6.45) is -0.773. The predicted molar refractivity (Wildman–Crippen MR) is 90.2 cm³/mol. The van der Waals surface area contributed by atoms with E-state index in [0.717, 1.165) is 7.11 Å². The molecule has 0 spiro atoms. The molecule has 3 amide bonds. The fraction of sp³-hybridized carbons (Fsp3) is 0.688. The van der Waals surface area contributed by atoms with Crippen molar-refractivity contribution >= 4 is 29.8 Å². The van der Waals surface area contributed by atoms with Gasteiger partial charge in [-0.05, 0) is 20.8 Å². The zero-order chi connectivity index (χ0) is 20.8. The molecule has 1 rings (SSSR count). The first-order valence-corrected chi connectivity index (χ1v) is 8.18. The number of esters is 2. The van der Waals surface area contributed by atoms with Gasteiger partial charge in [0.25, 0.3) is 0 Å². The molecule has 0 aliphatic heterocycles. The van der Waals surface area contributed by atoms with E-state index >= 15 is 0 Å². The summed E-state index contributed by atoms with van der Waals surface area (Å²) < 4.78 is 14.0. The van der Waals surface area contributed by atoms with E-state index in [1.165, 1.54) is 7.11 Å². The first kappa shape index (κ1) is 22.2. The van der Waals surface area contributed by atoms with Gasteiger partial charge >= 0.3 is 18.0 Å². The maximum Gasteiger partial charge on any atom is 0.408 e. The van der Waals surface area contributed by atoms with E-state index in [2.05, 4.69) is 25.4 Å². The molecule has 152 valence electrons. The molecule has 11 heteroatoms. The maximum absolute atomic E-state index is 12.1. The Kier molecular flexibility index (Phi) is 7.56. The smallest absolute Gasteiger partial charge is 0.408 e. The topological polar surface area (TPSA) is 149 Å². The van der Waals surface area contributed by atoms with Crippen molar-refractivity contribution in [2.75, 3.05) is 27.3 Å². The van der Waals surface area contributed by atoms with Crippen molar-refractivity contribution in [2.45, 2.75) is 32.4 Å². The molecule has 0 aromatic carbocycles. The second kappa shape index (κ2) is 9.19. The molecule has 1 fully saturated rings. The second-order valence-electron chi connectivity index (χ2n) is 6.82. The summed E-state index contributed by atoms with van der Waals surface area (Å²) in [7, 11) is 2.33. The number of carbonyl (C=O) groups is 5. The second-order valence-corrected chi connectivity index (χ2v) is 6.82. The molecule has 0 bridgehead atoms. The molecular weight excluding hydrogens is 362 g/mol. The van der Waals surface area contributed by atoms with Gasteiger partial charge < -0.3 is 30.2 Å². The Labute approximate surface area is 156 Å². The molecule has 0 heterocycles. The summed E-state index contributed by atoms with van der Waals surface area (Å²) in [5, 5.41) is 7.07. The van der Waals surface area contributed by atoms with Crippen molar-refractivity contribution in [1.82, 2.24) is 16.0 Å². The van der Waals surface area contributed by atoms with Gasteiger partial charge in [-0.2, -0.15) is 0 Å². The molecule has 0 unspecified atom stereocenters. The van der Waals surface area contributed by atoms with Crippen molar-refractivity contribution in [1.29, 1.82) is 0 Å². The van der Waals surface area contributed by atoms with E-state index in [0.29, 0.717) is 0 Å². The van der Waals surface area contributed by atoms with Gasteiger partial charge in [0.1, 0.15) is 18.7 Å². The van der Waals surface area contributed by atoms with Gasteiger partial charge in [-0.1, -0.05) is 0 Å². The number of ether oxygens (including phenoxy) is 3. The minimum atomic E-state index is -0.882. The van der Waals surface area contributed by atoms with Crippen molar-refractivity contribution in [3.05, 3.63) is 0 Å². The molecular formula is C16H25N3O8. The highest BCUT2D eigenvalue weighted by molar-refractivity contribution is 5.95. The van der Waals surface area contributed by atoms with Gasteiger partial charge in [0, 0.05) is 0 Å². The van der Waals surface area contributed by atoms with Crippen LogP contribution < -0.4 is 16.0 Å². The summed E-state index contributed by atoms with van der Waals surface area (Å²) >= 11 is 0. The summed E-state index contributed by atoms with van der Waals surface area (Å²) in [4.78, 5) is 58.5. The molecule has 3 N–H and O–H groups in total. The number of amides is 3.